The van der Waals surface area contributed by atoms with Crippen LogP contribution >= 0.6 is 0 Å². The monoisotopic (exact) mass is 1150 g/mol. The lowest BCUT2D eigenvalue weighted by molar-refractivity contribution is -0.126. The number of ether oxygens (including phenoxy) is 3. The summed E-state index contributed by atoms with van der Waals surface area (Å²) in [5, 5.41) is 3.38. The molecule has 5 rings (SSSR count). The first-order valence-electron chi connectivity index (χ1n) is 24.0. The molecule has 1 aromatic heterocycles. The minimum absolute atomic E-state index is 0. The van der Waals surface area contributed by atoms with Crippen molar-refractivity contribution in [3.05, 3.63) is 165 Å². The van der Waals surface area contributed by atoms with Crippen molar-refractivity contribution in [1.29, 1.82) is 0 Å². The third-order valence-electron chi connectivity index (χ3n) is 9.67. The second-order valence-electron chi connectivity index (χ2n) is 17.8. The molecule has 2 unspecified atom stereocenters. The Labute approximate surface area is 467 Å². The standard InChI is InChI=1S/C15H17NO.C14H23NO4.C7H18OSi2.C5H6N2.C5H5NO.C5H12O3Si.C3H6O2S.2CH4/c1-3-4-5-13-7-9-14(10-8-13)16-12(2)6-11-15(16)17;1-11-5-6-14(16)15(11)12(2)9-19-13(3)10-18-8-7-17-4;1-7-10(5,6)8-9(2,3)4;1-2-7-4-3-6-5-7;1-4-2-3-5(7)6-4;1-5-9(6-2,7-3)8-4;1-3-6(2,4)5;;/h6-11H,2-5H2,1H3;5-6,12-13H,1,7-10H2,2-4H3;7H,1H2,2-6H3;2-5H,1H2;2-3H,1H2,(H,6,7);5H,1H2,2-4H3;3H,1H2,2H3;2*1H4. The van der Waals surface area contributed by atoms with Crippen LogP contribution in [0.2, 0.25) is 32.7 Å². The number of benzene rings is 1. The number of aryl methyl sites for hydroxylation is 1. The Morgan fingerprint density at radius 2 is 1.32 bits per heavy atom. The van der Waals surface area contributed by atoms with Gasteiger partial charge in [-0.3, -0.25) is 19.3 Å². The molecule has 77 heavy (non-hydrogen) atoms. The second-order valence-corrected chi connectivity index (χ2v) is 31.3. The fourth-order valence-electron chi connectivity index (χ4n) is 5.86. The number of nitrogens with zero attached hydrogens (tertiary/aromatic N) is 4. The van der Waals surface area contributed by atoms with Crippen LogP contribution in [0.15, 0.2) is 159 Å². The van der Waals surface area contributed by atoms with Gasteiger partial charge in [0.15, 0.2) is 26.5 Å². The van der Waals surface area contributed by atoms with Gasteiger partial charge in [-0.05, 0) is 101 Å². The van der Waals surface area contributed by atoms with E-state index in [1.165, 1.54) is 30.6 Å². The molecule has 3 amide bonds. The summed E-state index contributed by atoms with van der Waals surface area (Å²) in [5.41, 5.74) is 7.90. The first-order chi connectivity index (χ1) is 35.1. The number of unbranched alkanes of at least 4 members (excludes halogenated alkanes) is 1. The molecule has 1 aromatic carbocycles. The number of hydrogen-bond acceptors (Lipinski definition) is 13. The number of carbonyl (C=O) groups is 3. The van der Waals surface area contributed by atoms with Gasteiger partial charge in [-0.25, -0.2) is 13.4 Å². The topological polar surface area (TPSA) is 186 Å². The van der Waals surface area contributed by atoms with Gasteiger partial charge >= 0.3 is 8.80 Å². The normalized spacial score (nSPS) is 14.0. The molecule has 0 saturated carbocycles. The van der Waals surface area contributed by atoms with Crippen LogP contribution < -0.4 is 10.2 Å². The Kier molecular flexibility index (Phi) is 42.2. The largest absolute Gasteiger partial charge is 0.528 e. The van der Waals surface area contributed by atoms with Crippen molar-refractivity contribution < 1.29 is 54.4 Å². The molecule has 3 aliphatic heterocycles. The first-order valence-corrected chi connectivity index (χ1v) is 34.1. The zero-order valence-corrected chi connectivity index (χ0v) is 50.8. The number of sulfone groups is 1. The Balaban J connectivity index is -0.000000420. The van der Waals surface area contributed by atoms with E-state index in [9.17, 15) is 22.8 Å². The Morgan fingerprint density at radius 3 is 1.64 bits per heavy atom. The van der Waals surface area contributed by atoms with Crippen LogP contribution in [0.3, 0.4) is 0 Å². The number of carbonyl (C=O) groups excluding carboxylic acids is 3. The van der Waals surface area contributed by atoms with Crippen molar-refractivity contribution in [3.8, 4) is 0 Å². The van der Waals surface area contributed by atoms with Crippen LogP contribution in [0.1, 0.15) is 54.0 Å². The van der Waals surface area contributed by atoms with Gasteiger partial charge in [0.1, 0.15) is 0 Å². The number of imidazole rings is 1. The Bertz CT molecular complexity index is 2240. The van der Waals surface area contributed by atoms with Gasteiger partial charge in [0, 0.05) is 99.7 Å². The molecule has 3 aliphatic rings. The van der Waals surface area contributed by atoms with E-state index in [4.69, 9.17) is 31.6 Å². The van der Waals surface area contributed by atoms with Crippen LogP contribution in [-0.4, -0.2) is 139 Å². The highest BCUT2D eigenvalue weighted by Gasteiger charge is 2.33. The van der Waals surface area contributed by atoms with Gasteiger partial charge in [0.05, 0.1) is 44.9 Å². The van der Waals surface area contributed by atoms with Gasteiger partial charge in [-0.1, -0.05) is 85.5 Å². The predicted octanol–water partition coefficient (Wildman–Crippen LogP) is 10.8. The molecule has 0 saturated heterocycles. The quantitative estimate of drug-likeness (QED) is 0.0868. The molecule has 0 radical (unpaired) electrons. The van der Waals surface area contributed by atoms with E-state index < -0.39 is 35.3 Å². The molecule has 0 spiro atoms. The van der Waals surface area contributed by atoms with Crippen molar-refractivity contribution >= 4 is 64.9 Å². The molecule has 21 heteroatoms. The molecule has 4 heterocycles. The van der Waals surface area contributed by atoms with Gasteiger partial charge in [-0.15, -0.1) is 6.58 Å². The van der Waals surface area contributed by atoms with Gasteiger partial charge in [0.25, 0.3) is 11.8 Å². The summed E-state index contributed by atoms with van der Waals surface area (Å²) in [6.45, 7) is 44.2. The van der Waals surface area contributed by atoms with Crippen LogP contribution in [0, 0.1) is 0 Å². The van der Waals surface area contributed by atoms with Crippen molar-refractivity contribution in [3.63, 3.8) is 0 Å². The summed E-state index contributed by atoms with van der Waals surface area (Å²) in [6, 6.07) is 8.12. The number of nitrogens with one attached hydrogen (secondary N) is 1. The first kappa shape index (κ1) is 78.1. The Morgan fingerprint density at radius 1 is 0.766 bits per heavy atom. The third kappa shape index (κ3) is 36.3. The van der Waals surface area contributed by atoms with Crippen molar-refractivity contribution in [2.75, 3.05) is 66.0 Å². The number of allylic oxidation sites excluding steroid dienone is 3. The number of anilines is 1. The lowest BCUT2D eigenvalue weighted by atomic mass is 10.1. The summed E-state index contributed by atoms with van der Waals surface area (Å²) >= 11 is 0. The molecular formula is C56H95N5O12SSi3. The van der Waals surface area contributed by atoms with Gasteiger partial charge in [0.2, 0.25) is 5.91 Å². The molecule has 434 valence electrons. The second kappa shape index (κ2) is 41.6. The third-order valence-corrected chi connectivity index (χ3v) is 18.0. The fraction of sp³-hybridized carbons (Fsp3) is 0.429. The van der Waals surface area contributed by atoms with E-state index in [0.717, 1.165) is 29.5 Å². The van der Waals surface area contributed by atoms with Crippen LogP contribution in [0.5, 0.6) is 0 Å². The average molecular weight is 1150 g/mol. The summed E-state index contributed by atoms with van der Waals surface area (Å²) < 4.78 is 58.3. The molecule has 0 bridgehead atoms. The minimum Gasteiger partial charge on any atom is -0.453 e. The molecule has 2 aromatic rings. The molecule has 17 nitrogen and oxygen atoms in total. The molecule has 2 atom stereocenters. The molecule has 0 fully saturated rings. The molecule has 0 aliphatic carbocycles. The highest BCUT2D eigenvalue weighted by Crippen LogP contribution is 2.24. The number of hydrogen-bond donors (Lipinski definition) is 1. The smallest absolute Gasteiger partial charge is 0.453 e. The summed E-state index contributed by atoms with van der Waals surface area (Å²) in [5.74, 6) is -0.133. The van der Waals surface area contributed by atoms with Crippen molar-refractivity contribution in [2.45, 2.75) is 99.8 Å². The van der Waals surface area contributed by atoms with Gasteiger partial charge in [-0.2, -0.15) is 0 Å². The number of amides is 3. The predicted molar refractivity (Wildman–Crippen MR) is 326 cm³/mol. The summed E-state index contributed by atoms with van der Waals surface area (Å²) in [4.78, 5) is 40.5. The van der Waals surface area contributed by atoms with Gasteiger partial charge < -0.3 is 46.4 Å². The number of methoxy groups -OCH3 is 1. The minimum atomic E-state index is -2.90. The fourth-order valence-corrected chi connectivity index (χ4v) is 13.5. The van der Waals surface area contributed by atoms with Crippen LogP contribution in [0.4, 0.5) is 5.69 Å². The SMILES string of the molecule is C.C.C=C1C=CC(=O)N1.C=C1C=CC(=O)N1C(C)COC(C)COCCOC.C=C1C=CC(=O)N1c1ccc(CCCC)cc1.C=CS(C)(=O)=O.C=C[Si](C)(C)O[Si](C)(C)C.C=C[Si](OC)(OC)OC.C=Cn1ccnc1. The zero-order valence-electron chi connectivity index (χ0n) is 47.0. The average Bonchev–Trinajstić information content (AvgIpc) is 4.19. The summed E-state index contributed by atoms with van der Waals surface area (Å²) in [7, 11) is -1.87. The van der Waals surface area contributed by atoms with E-state index >= 15 is 0 Å². The highest BCUT2D eigenvalue weighted by molar-refractivity contribution is 7.93. The molecule has 1 N–H and O–H groups in total. The van der Waals surface area contributed by atoms with E-state index in [0.29, 0.717) is 37.8 Å². The van der Waals surface area contributed by atoms with Crippen LogP contribution in [-0.2, 0) is 62.2 Å². The van der Waals surface area contributed by atoms with Crippen molar-refractivity contribution in [1.82, 2.24) is 19.8 Å². The van der Waals surface area contributed by atoms with E-state index in [-0.39, 0.29) is 44.7 Å². The zero-order chi connectivity index (χ0) is 57.8. The lowest BCUT2D eigenvalue weighted by Gasteiger charge is -2.28. The van der Waals surface area contributed by atoms with Crippen LogP contribution in [0.25, 0.3) is 6.20 Å². The number of aromatic nitrogens is 2. The van der Waals surface area contributed by atoms with E-state index in [1.807, 2.05) is 37.9 Å². The number of rotatable bonds is 22. The maximum atomic E-state index is 11.6. The lowest BCUT2D eigenvalue weighted by Crippen LogP contribution is -2.40. The summed E-state index contributed by atoms with van der Waals surface area (Å²) in [6.07, 6.45) is 21.1. The Hall–Kier alpha value is -5.44. The maximum Gasteiger partial charge on any atom is 0.528 e. The highest BCUT2D eigenvalue weighted by atomic mass is 32.2. The van der Waals surface area contributed by atoms with E-state index in [2.05, 4.69) is 108 Å². The maximum absolute atomic E-state index is 11.6. The van der Waals surface area contributed by atoms with E-state index in [1.54, 1.807) is 91.5 Å². The molecular weight excluding hydrogens is 1050 g/mol. The van der Waals surface area contributed by atoms with Crippen molar-refractivity contribution in [2.24, 2.45) is 0 Å².